The smallest absolute Gasteiger partial charge is 0.0163 e. The molecule has 0 saturated heterocycles. The van der Waals surface area contributed by atoms with Gasteiger partial charge in [-0.1, -0.05) is 102 Å². The molecule has 0 bridgehead atoms. The Labute approximate surface area is 189 Å². The summed E-state index contributed by atoms with van der Waals surface area (Å²) >= 11 is 3.93. The summed E-state index contributed by atoms with van der Waals surface area (Å²) in [4.78, 5) is 2.71. The number of rotatable bonds is 3. The van der Waals surface area contributed by atoms with Crippen molar-refractivity contribution in [2.75, 3.05) is 0 Å². The summed E-state index contributed by atoms with van der Waals surface area (Å²) in [5.41, 5.74) is 2.74. The van der Waals surface area contributed by atoms with E-state index in [1.54, 1.807) is 0 Å². The van der Waals surface area contributed by atoms with Gasteiger partial charge in [-0.3, -0.25) is 0 Å². The van der Waals surface area contributed by atoms with Gasteiger partial charge in [-0.25, -0.2) is 0 Å². The Morgan fingerprint density at radius 2 is 0.833 bits per heavy atom. The molecule has 0 radical (unpaired) electrons. The molecule has 0 nitrogen and oxygen atoms in total. The first kappa shape index (κ1) is 21.3. The highest BCUT2D eigenvalue weighted by molar-refractivity contribution is 8.01. The van der Waals surface area contributed by atoms with Gasteiger partial charge in [0, 0.05) is 30.4 Å². The Morgan fingerprint density at radius 1 is 0.467 bits per heavy atom. The maximum Gasteiger partial charge on any atom is 0.0163 e. The maximum atomic E-state index is 2.32. The van der Waals surface area contributed by atoms with E-state index in [-0.39, 0.29) is 9.49 Å². The standard InChI is InChI=1S/C28H30S2/c1-27(2,3)29-23-17-15-19-11-7-9-13-21(19)25(23)26-22-14-10-8-12-20(22)16-18-24(26)30-28(4,5)6/h7-18H,1-6H3. The van der Waals surface area contributed by atoms with Crippen LogP contribution in [0.3, 0.4) is 0 Å². The van der Waals surface area contributed by atoms with Gasteiger partial charge >= 0.3 is 0 Å². The predicted octanol–water partition coefficient (Wildman–Crippen LogP) is 9.44. The summed E-state index contributed by atoms with van der Waals surface area (Å²) in [6.07, 6.45) is 0. The van der Waals surface area contributed by atoms with E-state index < -0.39 is 0 Å². The van der Waals surface area contributed by atoms with E-state index in [1.165, 1.54) is 42.5 Å². The lowest BCUT2D eigenvalue weighted by atomic mass is 9.94. The van der Waals surface area contributed by atoms with Crippen molar-refractivity contribution in [2.45, 2.75) is 60.8 Å². The van der Waals surface area contributed by atoms with Gasteiger partial charge in [-0.2, -0.15) is 0 Å². The zero-order valence-corrected chi connectivity index (χ0v) is 20.4. The topological polar surface area (TPSA) is 0 Å². The molecule has 0 aromatic heterocycles. The van der Waals surface area contributed by atoms with E-state index >= 15 is 0 Å². The summed E-state index contributed by atoms with van der Waals surface area (Å²) < 4.78 is 0.276. The molecule has 4 aromatic rings. The van der Waals surface area contributed by atoms with Crippen LogP contribution in [0.4, 0.5) is 0 Å². The molecule has 0 spiro atoms. The molecule has 0 saturated carbocycles. The molecule has 0 aliphatic rings. The fourth-order valence-corrected chi connectivity index (χ4v) is 6.07. The Balaban J connectivity index is 2.13. The van der Waals surface area contributed by atoms with Gasteiger partial charge < -0.3 is 0 Å². The molecular weight excluding hydrogens is 400 g/mol. The van der Waals surface area contributed by atoms with Crippen LogP contribution in [0.25, 0.3) is 32.7 Å². The zero-order chi connectivity index (χ0) is 21.5. The molecule has 0 N–H and O–H groups in total. The van der Waals surface area contributed by atoms with Gasteiger partial charge in [0.25, 0.3) is 0 Å². The fraction of sp³-hybridized carbons (Fsp3) is 0.286. The van der Waals surface area contributed by atoms with E-state index in [1.807, 2.05) is 23.5 Å². The lowest BCUT2D eigenvalue weighted by Gasteiger charge is -2.25. The molecule has 0 aliphatic heterocycles. The number of thioether (sulfide) groups is 2. The third kappa shape index (κ3) is 4.55. The lowest BCUT2D eigenvalue weighted by Crippen LogP contribution is -2.08. The van der Waals surface area contributed by atoms with Crippen molar-refractivity contribution in [3.63, 3.8) is 0 Å². The minimum absolute atomic E-state index is 0.138. The minimum atomic E-state index is 0.138. The van der Waals surface area contributed by atoms with E-state index in [2.05, 4.69) is 114 Å². The molecule has 2 heteroatoms. The second-order valence-electron chi connectivity index (χ2n) is 9.75. The Hall–Kier alpha value is -1.90. The first-order valence-electron chi connectivity index (χ1n) is 10.5. The molecule has 4 aromatic carbocycles. The van der Waals surface area contributed by atoms with E-state index in [9.17, 15) is 0 Å². The average molecular weight is 431 g/mol. The molecule has 30 heavy (non-hydrogen) atoms. The largest absolute Gasteiger partial charge is 0.120 e. The molecule has 0 fully saturated rings. The van der Waals surface area contributed by atoms with Crippen molar-refractivity contribution < 1.29 is 0 Å². The van der Waals surface area contributed by atoms with Crippen LogP contribution in [0.2, 0.25) is 0 Å². The molecule has 0 aliphatic carbocycles. The SMILES string of the molecule is CC(C)(C)Sc1ccc2ccccc2c1-c1c(SC(C)(C)C)ccc2ccccc12. The van der Waals surface area contributed by atoms with Crippen LogP contribution in [0.1, 0.15) is 41.5 Å². The van der Waals surface area contributed by atoms with Gasteiger partial charge in [-0.05, 0) is 33.7 Å². The van der Waals surface area contributed by atoms with Crippen LogP contribution in [0.15, 0.2) is 82.6 Å². The number of fused-ring (bicyclic) bond motifs is 2. The zero-order valence-electron chi connectivity index (χ0n) is 18.7. The molecule has 0 heterocycles. The molecule has 0 amide bonds. The van der Waals surface area contributed by atoms with Crippen LogP contribution in [-0.2, 0) is 0 Å². The highest BCUT2D eigenvalue weighted by Gasteiger charge is 2.23. The van der Waals surface area contributed by atoms with Crippen LogP contribution >= 0.6 is 23.5 Å². The number of benzene rings is 4. The highest BCUT2D eigenvalue weighted by Crippen LogP contribution is 2.49. The number of hydrogen-bond acceptors (Lipinski definition) is 2. The van der Waals surface area contributed by atoms with Crippen LogP contribution in [0.5, 0.6) is 0 Å². The summed E-state index contributed by atoms with van der Waals surface area (Å²) in [6.45, 7) is 13.8. The average Bonchev–Trinajstić information content (AvgIpc) is 2.66. The summed E-state index contributed by atoms with van der Waals surface area (Å²) in [6, 6.07) is 26.8. The van der Waals surface area contributed by atoms with Gasteiger partial charge in [-0.15, -0.1) is 23.5 Å². The minimum Gasteiger partial charge on any atom is -0.120 e. The fourth-order valence-electron chi connectivity index (χ4n) is 3.85. The molecule has 0 atom stereocenters. The van der Waals surface area contributed by atoms with E-state index in [4.69, 9.17) is 0 Å². The van der Waals surface area contributed by atoms with Gasteiger partial charge in [0.05, 0.1) is 0 Å². The molecule has 0 unspecified atom stereocenters. The third-order valence-electron chi connectivity index (χ3n) is 4.86. The highest BCUT2D eigenvalue weighted by atomic mass is 32.2. The Kier molecular flexibility index (Phi) is 5.67. The first-order chi connectivity index (χ1) is 14.1. The maximum absolute atomic E-state index is 2.32. The van der Waals surface area contributed by atoms with Crippen molar-refractivity contribution in [3.8, 4) is 11.1 Å². The monoisotopic (exact) mass is 430 g/mol. The van der Waals surface area contributed by atoms with E-state index in [0.717, 1.165) is 0 Å². The van der Waals surface area contributed by atoms with Crippen LogP contribution in [-0.4, -0.2) is 9.49 Å². The van der Waals surface area contributed by atoms with Crippen molar-refractivity contribution in [2.24, 2.45) is 0 Å². The van der Waals surface area contributed by atoms with Crippen molar-refractivity contribution >= 4 is 45.1 Å². The van der Waals surface area contributed by atoms with E-state index in [0.29, 0.717) is 0 Å². The second kappa shape index (κ2) is 7.98. The van der Waals surface area contributed by atoms with Crippen LogP contribution in [0, 0.1) is 0 Å². The molecule has 4 rings (SSSR count). The van der Waals surface area contributed by atoms with Gasteiger partial charge in [0.15, 0.2) is 0 Å². The summed E-state index contributed by atoms with van der Waals surface area (Å²) in [5.74, 6) is 0. The lowest BCUT2D eigenvalue weighted by molar-refractivity contribution is 0.802. The quantitative estimate of drug-likeness (QED) is 0.297. The normalized spacial score (nSPS) is 12.6. The van der Waals surface area contributed by atoms with Crippen LogP contribution < -0.4 is 0 Å². The van der Waals surface area contributed by atoms with Crippen molar-refractivity contribution in [1.29, 1.82) is 0 Å². The van der Waals surface area contributed by atoms with Crippen molar-refractivity contribution in [3.05, 3.63) is 72.8 Å². The second-order valence-corrected chi connectivity index (χ2v) is 13.5. The molecular formula is C28H30S2. The predicted molar refractivity (Wildman–Crippen MR) is 138 cm³/mol. The van der Waals surface area contributed by atoms with Gasteiger partial charge in [0.2, 0.25) is 0 Å². The Bertz CT molecular complexity index is 1110. The third-order valence-corrected chi connectivity index (χ3v) is 7.21. The van der Waals surface area contributed by atoms with Gasteiger partial charge in [0.1, 0.15) is 0 Å². The summed E-state index contributed by atoms with van der Waals surface area (Å²) in [7, 11) is 0. The van der Waals surface area contributed by atoms with Crippen molar-refractivity contribution in [1.82, 2.24) is 0 Å². The first-order valence-corrected chi connectivity index (χ1v) is 12.2. The number of hydrogen-bond donors (Lipinski definition) is 0. The summed E-state index contributed by atoms with van der Waals surface area (Å²) in [5, 5.41) is 5.26. The Morgan fingerprint density at radius 3 is 1.20 bits per heavy atom. The molecule has 154 valence electrons.